The van der Waals surface area contributed by atoms with Gasteiger partial charge in [0, 0.05) is 24.6 Å². The van der Waals surface area contributed by atoms with Gasteiger partial charge in [0.25, 0.3) is 0 Å². The number of sulfonamides is 1. The lowest BCUT2D eigenvalue weighted by atomic mass is 9.96. The van der Waals surface area contributed by atoms with Gasteiger partial charge in [-0.3, -0.25) is 4.79 Å². The van der Waals surface area contributed by atoms with Crippen LogP contribution in [0.25, 0.3) is 0 Å². The maximum absolute atomic E-state index is 13.1. The topological polar surface area (TPSA) is 75.7 Å². The highest BCUT2D eigenvalue weighted by molar-refractivity contribution is 7.89. The molecule has 0 aliphatic carbocycles. The molecule has 2 aromatic rings. The van der Waals surface area contributed by atoms with Crippen molar-refractivity contribution in [3.05, 3.63) is 59.9 Å². The molecule has 1 atom stereocenters. The molecule has 0 saturated carbocycles. The molecule has 1 amide bonds. The summed E-state index contributed by atoms with van der Waals surface area (Å²) in [6.45, 7) is 2.39. The molecule has 1 fully saturated rings. The minimum absolute atomic E-state index is 0.0617. The van der Waals surface area contributed by atoms with Crippen LogP contribution in [0.3, 0.4) is 0 Å². The molecule has 29 heavy (non-hydrogen) atoms. The Labute approximate surface area is 170 Å². The van der Waals surface area contributed by atoms with Crippen LogP contribution in [0.4, 0.5) is 4.39 Å². The third-order valence-corrected chi connectivity index (χ3v) is 7.15. The number of piperidine rings is 1. The monoisotopic (exact) mass is 420 g/mol. The van der Waals surface area contributed by atoms with E-state index in [1.807, 2.05) is 31.2 Å². The van der Waals surface area contributed by atoms with Crippen molar-refractivity contribution in [2.45, 2.75) is 30.7 Å². The summed E-state index contributed by atoms with van der Waals surface area (Å²) in [4.78, 5) is 12.7. The van der Waals surface area contributed by atoms with Gasteiger partial charge in [-0.1, -0.05) is 18.2 Å². The minimum atomic E-state index is -3.68. The van der Waals surface area contributed by atoms with Gasteiger partial charge in [-0.25, -0.2) is 12.8 Å². The average Bonchev–Trinajstić information content (AvgIpc) is 2.74. The Hall–Kier alpha value is -2.45. The normalized spacial score (nSPS) is 16.9. The molecule has 0 spiro atoms. The fourth-order valence-corrected chi connectivity index (χ4v) is 5.02. The van der Waals surface area contributed by atoms with Crippen molar-refractivity contribution >= 4 is 15.9 Å². The molecule has 0 bridgehead atoms. The van der Waals surface area contributed by atoms with Gasteiger partial charge >= 0.3 is 0 Å². The van der Waals surface area contributed by atoms with Crippen molar-refractivity contribution < 1.29 is 22.3 Å². The van der Waals surface area contributed by atoms with E-state index in [2.05, 4.69) is 5.32 Å². The van der Waals surface area contributed by atoms with Gasteiger partial charge < -0.3 is 10.1 Å². The van der Waals surface area contributed by atoms with Crippen molar-refractivity contribution in [3.8, 4) is 5.75 Å². The second kappa shape index (κ2) is 8.92. The molecule has 0 radical (unpaired) electrons. The van der Waals surface area contributed by atoms with E-state index in [9.17, 15) is 17.6 Å². The molecule has 0 aromatic heterocycles. The molecule has 1 heterocycles. The Morgan fingerprint density at radius 3 is 2.38 bits per heavy atom. The number of ether oxygens (including phenoxy) is 1. The summed E-state index contributed by atoms with van der Waals surface area (Å²) in [6, 6.07) is 12.1. The van der Waals surface area contributed by atoms with Crippen LogP contribution < -0.4 is 10.1 Å². The molecule has 1 aliphatic heterocycles. The van der Waals surface area contributed by atoms with Gasteiger partial charge in [0.1, 0.15) is 11.6 Å². The summed E-state index contributed by atoms with van der Waals surface area (Å²) >= 11 is 0. The summed E-state index contributed by atoms with van der Waals surface area (Å²) in [7, 11) is -2.10. The van der Waals surface area contributed by atoms with Gasteiger partial charge in [-0.2, -0.15) is 4.31 Å². The number of rotatable bonds is 6. The van der Waals surface area contributed by atoms with Crippen LogP contribution in [0.1, 0.15) is 31.4 Å². The van der Waals surface area contributed by atoms with Crippen molar-refractivity contribution in [1.82, 2.24) is 9.62 Å². The summed E-state index contributed by atoms with van der Waals surface area (Å²) < 4.78 is 45.2. The second-order valence-corrected chi connectivity index (χ2v) is 9.04. The lowest BCUT2D eigenvalue weighted by Gasteiger charge is -2.31. The Morgan fingerprint density at radius 2 is 1.76 bits per heavy atom. The molecular weight excluding hydrogens is 395 g/mol. The summed E-state index contributed by atoms with van der Waals surface area (Å²) in [6.07, 6.45) is 0.871. The molecule has 8 heteroatoms. The zero-order chi connectivity index (χ0) is 21.0. The highest BCUT2D eigenvalue weighted by atomic mass is 32.2. The summed E-state index contributed by atoms with van der Waals surface area (Å²) in [5.74, 6) is -0.127. The first kappa shape index (κ1) is 21.3. The van der Waals surface area contributed by atoms with E-state index in [0.29, 0.717) is 18.6 Å². The van der Waals surface area contributed by atoms with Crippen LogP contribution in [-0.2, 0) is 14.8 Å². The van der Waals surface area contributed by atoms with Crippen LogP contribution in [0.2, 0.25) is 0 Å². The van der Waals surface area contributed by atoms with Gasteiger partial charge in [0.2, 0.25) is 15.9 Å². The first-order valence-corrected chi connectivity index (χ1v) is 11.0. The van der Waals surface area contributed by atoms with Crippen molar-refractivity contribution in [3.63, 3.8) is 0 Å². The number of benzene rings is 2. The highest BCUT2D eigenvalue weighted by Crippen LogP contribution is 2.27. The number of hydrogen-bond donors (Lipinski definition) is 1. The van der Waals surface area contributed by atoms with Gasteiger partial charge in [-0.15, -0.1) is 0 Å². The van der Waals surface area contributed by atoms with Crippen LogP contribution in [0.15, 0.2) is 53.4 Å². The third kappa shape index (κ3) is 4.76. The molecule has 2 aromatic carbocycles. The molecule has 156 valence electrons. The molecule has 1 aliphatic rings. The molecule has 1 saturated heterocycles. The fraction of sp³-hybridized carbons (Fsp3) is 0.381. The lowest BCUT2D eigenvalue weighted by molar-refractivity contribution is -0.126. The third-order valence-electron chi connectivity index (χ3n) is 5.24. The SMILES string of the molecule is COc1ccccc1[C@H](C)NC(=O)C1CCN(S(=O)(=O)c2ccc(F)cc2)CC1. The molecule has 3 rings (SSSR count). The van der Waals surface area contributed by atoms with E-state index in [0.717, 1.165) is 17.7 Å². The number of hydrogen-bond acceptors (Lipinski definition) is 4. The highest BCUT2D eigenvalue weighted by Gasteiger charge is 2.32. The number of para-hydroxylation sites is 1. The second-order valence-electron chi connectivity index (χ2n) is 7.10. The summed E-state index contributed by atoms with van der Waals surface area (Å²) in [5.41, 5.74) is 0.889. The quantitative estimate of drug-likeness (QED) is 0.779. The maximum atomic E-state index is 13.1. The van der Waals surface area contributed by atoms with Crippen molar-refractivity contribution in [2.24, 2.45) is 5.92 Å². The van der Waals surface area contributed by atoms with Crippen LogP contribution >= 0.6 is 0 Å². The maximum Gasteiger partial charge on any atom is 0.243 e. The Balaban J connectivity index is 1.60. The van der Waals surface area contributed by atoms with E-state index < -0.39 is 15.8 Å². The first-order chi connectivity index (χ1) is 13.8. The van der Waals surface area contributed by atoms with Gasteiger partial charge in [-0.05, 0) is 50.1 Å². The number of amides is 1. The van der Waals surface area contributed by atoms with Crippen LogP contribution in [0, 0.1) is 11.7 Å². The fourth-order valence-electron chi connectivity index (χ4n) is 3.55. The van der Waals surface area contributed by atoms with E-state index in [-0.39, 0.29) is 35.9 Å². The Bertz CT molecular complexity index is 955. The first-order valence-electron chi connectivity index (χ1n) is 9.52. The zero-order valence-corrected chi connectivity index (χ0v) is 17.3. The molecular formula is C21H25FN2O4S. The van der Waals surface area contributed by atoms with E-state index in [1.165, 1.54) is 16.4 Å². The van der Waals surface area contributed by atoms with Gasteiger partial charge in [0.15, 0.2) is 0 Å². The van der Waals surface area contributed by atoms with Crippen molar-refractivity contribution in [2.75, 3.05) is 20.2 Å². The minimum Gasteiger partial charge on any atom is -0.496 e. The lowest BCUT2D eigenvalue weighted by Crippen LogP contribution is -2.43. The largest absolute Gasteiger partial charge is 0.496 e. The number of carbonyl (C=O) groups is 1. The number of nitrogens with one attached hydrogen (secondary N) is 1. The summed E-state index contributed by atoms with van der Waals surface area (Å²) in [5, 5.41) is 3.00. The molecule has 6 nitrogen and oxygen atoms in total. The number of carbonyl (C=O) groups excluding carboxylic acids is 1. The average molecular weight is 421 g/mol. The van der Waals surface area contributed by atoms with Crippen LogP contribution in [0.5, 0.6) is 5.75 Å². The molecule has 0 unspecified atom stereocenters. The van der Waals surface area contributed by atoms with E-state index >= 15 is 0 Å². The van der Waals surface area contributed by atoms with E-state index in [1.54, 1.807) is 7.11 Å². The van der Waals surface area contributed by atoms with E-state index in [4.69, 9.17) is 4.74 Å². The Kier molecular flexibility index (Phi) is 6.54. The number of methoxy groups -OCH3 is 1. The molecule has 1 N–H and O–H groups in total. The van der Waals surface area contributed by atoms with Crippen LogP contribution in [-0.4, -0.2) is 38.8 Å². The predicted octanol–water partition coefficient (Wildman–Crippen LogP) is 3.11. The number of nitrogens with zero attached hydrogens (tertiary/aromatic N) is 1. The Morgan fingerprint density at radius 1 is 1.14 bits per heavy atom. The smallest absolute Gasteiger partial charge is 0.243 e. The van der Waals surface area contributed by atoms with Crippen molar-refractivity contribution in [1.29, 1.82) is 0 Å². The zero-order valence-electron chi connectivity index (χ0n) is 16.5. The standard InChI is InChI=1S/C21H25FN2O4S/c1-15(19-5-3-4-6-20(19)28-2)23-21(25)16-11-13-24(14-12-16)29(26,27)18-9-7-17(22)8-10-18/h3-10,15-16H,11-14H2,1-2H3,(H,23,25)/t15-/m0/s1. The number of halogens is 1. The predicted molar refractivity (Wildman–Crippen MR) is 107 cm³/mol. The van der Waals surface area contributed by atoms with Gasteiger partial charge in [0.05, 0.1) is 18.0 Å².